The molecule has 0 spiro atoms. The molecule has 0 N–H and O–H groups in total. The van der Waals surface area contributed by atoms with Crippen LogP contribution >= 0.6 is 0 Å². The first-order valence-electron chi connectivity index (χ1n) is 6.63. The van der Waals surface area contributed by atoms with Crippen molar-refractivity contribution in [1.82, 2.24) is 0 Å². The van der Waals surface area contributed by atoms with E-state index >= 15 is 0 Å². The van der Waals surface area contributed by atoms with E-state index in [1.807, 2.05) is 0 Å². The molecule has 0 aliphatic heterocycles. The Bertz CT molecular complexity index is 1340. The molecule has 9 heteroatoms. The lowest BCUT2D eigenvalue weighted by atomic mass is 9.96. The molecule has 2 aromatic carbocycles. The number of hydrogen-bond donors (Lipinski definition) is 0. The summed E-state index contributed by atoms with van der Waals surface area (Å²) in [6.07, 6.45) is 4.97. The van der Waals surface area contributed by atoms with Gasteiger partial charge in [-0.25, -0.2) is 22.0 Å². The third-order valence-corrected chi connectivity index (χ3v) is 3.54. The van der Waals surface area contributed by atoms with Gasteiger partial charge in [-0.1, -0.05) is 5.92 Å². The van der Waals surface area contributed by atoms with Crippen LogP contribution in [0.25, 0.3) is 21.9 Å². The highest BCUT2D eigenvalue weighted by molar-refractivity contribution is 5.93. The van der Waals surface area contributed by atoms with Crippen LogP contribution in [0.5, 0.6) is 0 Å². The van der Waals surface area contributed by atoms with E-state index in [-0.39, 0.29) is 0 Å². The Morgan fingerprint density at radius 2 is 1.11 bits per heavy atom. The van der Waals surface area contributed by atoms with Crippen LogP contribution in [0.3, 0.4) is 0 Å². The minimum atomic E-state index is -2.07. The van der Waals surface area contributed by atoms with Crippen molar-refractivity contribution >= 4 is 21.9 Å². The molecule has 0 amide bonds. The van der Waals surface area contributed by atoms with Gasteiger partial charge in [-0.15, -0.1) is 6.42 Å². The molecule has 2 rings (SSSR count). The van der Waals surface area contributed by atoms with Gasteiger partial charge in [-0.2, -0.15) is 21.0 Å². The Morgan fingerprint density at radius 1 is 0.630 bits per heavy atom. The van der Waals surface area contributed by atoms with E-state index in [0.29, 0.717) is 0 Å². The molecule has 0 saturated carbocycles. The second-order valence-electron chi connectivity index (χ2n) is 4.79. The fraction of sp³-hybridized carbons (Fsp3) is 0. The molecule has 0 aliphatic rings. The fourth-order valence-corrected chi connectivity index (χ4v) is 2.42. The fourth-order valence-electron chi connectivity index (χ4n) is 2.42. The number of rotatable bonds is 0. The Labute approximate surface area is 147 Å². The Hall–Kier alpha value is -4.39. The first kappa shape index (κ1) is 18.9. The summed E-state index contributed by atoms with van der Waals surface area (Å²) >= 11 is 0. The van der Waals surface area contributed by atoms with Gasteiger partial charge < -0.3 is 0 Å². The van der Waals surface area contributed by atoms with Gasteiger partial charge in [-0.3, -0.25) is 0 Å². The summed E-state index contributed by atoms with van der Waals surface area (Å²) in [4.78, 5) is 0. The van der Waals surface area contributed by atoms with Crippen LogP contribution in [-0.2, 0) is 0 Å². The third-order valence-electron chi connectivity index (χ3n) is 3.54. The van der Waals surface area contributed by atoms with E-state index in [2.05, 4.69) is 0 Å². The van der Waals surface area contributed by atoms with E-state index in [9.17, 15) is 27.2 Å². The molecule has 0 saturated heterocycles. The Kier molecular flexibility index (Phi) is 4.80. The summed E-state index contributed by atoms with van der Waals surface area (Å²) in [6, 6.07) is 4.75. The standard InChI is InChI=1S/C18HF5N4/c1-2-7(3-24)10-9(6-27)12-13(18(23)15(10)20)14(19)11(8(4-25)5-26)16(21)17(12)22/h1H/b10-7+. The average Bonchev–Trinajstić information content (AvgIpc) is 2.67. The lowest BCUT2D eigenvalue weighted by molar-refractivity contribution is 0.484. The summed E-state index contributed by atoms with van der Waals surface area (Å²) in [5, 5.41) is 30.1. The molecular formula is C18HF5N4. The highest BCUT2D eigenvalue weighted by atomic mass is 19.2. The van der Waals surface area contributed by atoms with Gasteiger partial charge in [-0.05, 0) is 0 Å². The smallest absolute Gasteiger partial charge is 0.171 e. The number of halogens is 5. The van der Waals surface area contributed by atoms with Crippen molar-refractivity contribution in [2.75, 3.05) is 0 Å². The normalized spacial score (nSPS) is 10.8. The van der Waals surface area contributed by atoms with Crippen LogP contribution < -0.4 is 10.4 Å². The van der Waals surface area contributed by atoms with E-state index < -0.39 is 67.0 Å². The molecule has 27 heavy (non-hydrogen) atoms. The van der Waals surface area contributed by atoms with Crippen molar-refractivity contribution in [2.24, 2.45) is 0 Å². The van der Waals surface area contributed by atoms with Crippen LogP contribution in [0, 0.1) is 86.8 Å². The van der Waals surface area contributed by atoms with Crippen molar-refractivity contribution in [1.29, 1.82) is 21.0 Å². The average molecular weight is 368 g/mol. The number of nitriles is 4. The summed E-state index contributed by atoms with van der Waals surface area (Å²) in [5.74, 6) is -8.39. The van der Waals surface area contributed by atoms with Crippen molar-refractivity contribution in [3.63, 3.8) is 0 Å². The van der Waals surface area contributed by atoms with Gasteiger partial charge in [0.15, 0.2) is 23.3 Å². The van der Waals surface area contributed by atoms with Crippen molar-refractivity contribution in [3.8, 4) is 36.6 Å². The number of benzene rings is 2. The van der Waals surface area contributed by atoms with Gasteiger partial charge in [0, 0.05) is 5.39 Å². The zero-order valence-corrected chi connectivity index (χ0v) is 12.8. The molecule has 4 nitrogen and oxygen atoms in total. The number of hydrogen-bond acceptors (Lipinski definition) is 4. The van der Waals surface area contributed by atoms with Gasteiger partial charge in [0.05, 0.1) is 21.4 Å². The van der Waals surface area contributed by atoms with Crippen LogP contribution in [0.4, 0.5) is 22.0 Å². The lowest BCUT2D eigenvalue weighted by Crippen LogP contribution is -2.25. The third kappa shape index (κ3) is 2.50. The maximum Gasteiger partial charge on any atom is 0.171 e. The lowest BCUT2D eigenvalue weighted by Gasteiger charge is -2.10. The summed E-state index contributed by atoms with van der Waals surface area (Å²) < 4.78 is 72.3. The van der Waals surface area contributed by atoms with E-state index in [1.165, 1.54) is 12.1 Å². The number of nitrogens with zero attached hydrogens (tertiary/aromatic N) is 4. The van der Waals surface area contributed by atoms with Gasteiger partial charge >= 0.3 is 0 Å². The molecule has 0 unspecified atom stereocenters. The molecular weight excluding hydrogens is 367 g/mol. The highest BCUT2D eigenvalue weighted by Crippen LogP contribution is 2.27. The Morgan fingerprint density at radius 3 is 1.56 bits per heavy atom. The summed E-state index contributed by atoms with van der Waals surface area (Å²) in [7, 11) is 0. The summed E-state index contributed by atoms with van der Waals surface area (Å²) in [5.41, 5.74) is -3.26. The van der Waals surface area contributed by atoms with Crippen LogP contribution in [0.15, 0.2) is 0 Å². The maximum atomic E-state index is 14.6. The van der Waals surface area contributed by atoms with Gasteiger partial charge in [0.1, 0.15) is 41.2 Å². The van der Waals surface area contributed by atoms with Crippen LogP contribution in [0.1, 0.15) is 5.56 Å². The van der Waals surface area contributed by atoms with Crippen LogP contribution in [-0.4, -0.2) is 0 Å². The topological polar surface area (TPSA) is 95.2 Å². The molecule has 128 valence electrons. The van der Waals surface area contributed by atoms with E-state index in [1.54, 1.807) is 5.92 Å². The molecule has 0 aliphatic carbocycles. The minimum Gasteiger partial charge on any atom is -0.205 e. The molecule has 0 atom stereocenters. The zero-order chi connectivity index (χ0) is 20.5. The second-order valence-corrected chi connectivity index (χ2v) is 4.79. The van der Waals surface area contributed by atoms with E-state index in [0.717, 1.165) is 12.1 Å². The first-order chi connectivity index (χ1) is 12.8. The number of terminal acetylenes is 1. The largest absolute Gasteiger partial charge is 0.205 e. The molecule has 0 heterocycles. The molecule has 0 bridgehead atoms. The first-order valence-corrected chi connectivity index (χ1v) is 6.63. The second kappa shape index (κ2) is 6.85. The molecule has 0 fully saturated rings. The minimum absolute atomic E-state index is 0.907. The zero-order valence-electron chi connectivity index (χ0n) is 12.8. The predicted molar refractivity (Wildman–Crippen MR) is 80.2 cm³/mol. The van der Waals surface area contributed by atoms with Crippen molar-refractivity contribution in [2.45, 2.75) is 0 Å². The van der Waals surface area contributed by atoms with Gasteiger partial charge in [0.25, 0.3) is 0 Å². The van der Waals surface area contributed by atoms with E-state index in [4.69, 9.17) is 22.2 Å². The monoisotopic (exact) mass is 368 g/mol. The number of fused-ring (bicyclic) bond motifs is 1. The SMILES string of the molecule is C#C/C(C#N)=c1\c(F)c(F)c2c(F)c(=C(C#N)C#N)c(F)c(F)c2c1C#N. The molecule has 2 aromatic rings. The quantitative estimate of drug-likeness (QED) is 0.403. The highest BCUT2D eigenvalue weighted by Gasteiger charge is 2.28. The van der Waals surface area contributed by atoms with Gasteiger partial charge in [0.2, 0.25) is 0 Å². The van der Waals surface area contributed by atoms with Crippen molar-refractivity contribution in [3.05, 3.63) is 45.1 Å². The Balaban J connectivity index is 3.56. The molecule has 0 aromatic heterocycles. The van der Waals surface area contributed by atoms with Crippen molar-refractivity contribution < 1.29 is 22.0 Å². The summed E-state index contributed by atoms with van der Waals surface area (Å²) in [6.45, 7) is 0. The predicted octanol–water partition coefficient (Wildman–Crippen LogP) is 1.91. The maximum absolute atomic E-state index is 14.6. The van der Waals surface area contributed by atoms with Crippen LogP contribution in [0.2, 0.25) is 0 Å². The molecule has 0 radical (unpaired) electrons.